The molecule has 2 aromatic rings. The summed E-state index contributed by atoms with van der Waals surface area (Å²) in [5, 5.41) is 2.77. The molecule has 0 aliphatic rings. The molecule has 0 saturated carbocycles. The van der Waals surface area contributed by atoms with Gasteiger partial charge in [-0.25, -0.2) is 13.1 Å². The molecule has 0 fully saturated rings. The van der Waals surface area contributed by atoms with Crippen molar-refractivity contribution in [1.82, 2.24) is 10.0 Å². The Morgan fingerprint density at radius 2 is 1.62 bits per heavy atom. The van der Waals surface area contributed by atoms with Crippen LogP contribution < -0.4 is 19.5 Å². The Morgan fingerprint density at radius 3 is 2.22 bits per heavy atom. The van der Waals surface area contributed by atoms with Crippen molar-refractivity contribution < 1.29 is 32.2 Å². The lowest BCUT2D eigenvalue weighted by atomic mass is 10.0. The van der Waals surface area contributed by atoms with Crippen LogP contribution in [0.1, 0.15) is 30.0 Å². The Balaban J connectivity index is 2.00. The molecule has 32 heavy (non-hydrogen) atoms. The second kappa shape index (κ2) is 11.5. The molecule has 1 unspecified atom stereocenters. The van der Waals surface area contributed by atoms with Crippen LogP contribution in [-0.2, 0) is 24.3 Å². The van der Waals surface area contributed by atoms with E-state index in [1.54, 1.807) is 0 Å². The summed E-state index contributed by atoms with van der Waals surface area (Å²) >= 11 is 0. The molecule has 2 aromatic carbocycles. The van der Waals surface area contributed by atoms with E-state index < -0.39 is 27.9 Å². The van der Waals surface area contributed by atoms with Crippen molar-refractivity contribution >= 4 is 21.9 Å². The minimum atomic E-state index is -3.86. The maximum Gasteiger partial charge on any atom is 0.307 e. The lowest BCUT2D eigenvalue weighted by Crippen LogP contribution is -2.34. The van der Waals surface area contributed by atoms with Gasteiger partial charge in [0.25, 0.3) is 0 Å². The molecule has 0 aliphatic carbocycles. The van der Waals surface area contributed by atoms with Gasteiger partial charge < -0.3 is 19.5 Å². The third kappa shape index (κ3) is 6.96. The van der Waals surface area contributed by atoms with E-state index in [0.717, 1.165) is 11.1 Å². The molecule has 0 saturated heterocycles. The van der Waals surface area contributed by atoms with E-state index in [9.17, 15) is 18.0 Å². The van der Waals surface area contributed by atoms with Gasteiger partial charge in [-0.3, -0.25) is 9.59 Å². The number of methoxy groups -OCH3 is 3. The Labute approximate surface area is 188 Å². The summed E-state index contributed by atoms with van der Waals surface area (Å²) in [6.45, 7) is 1.81. The maximum atomic E-state index is 12.5. The van der Waals surface area contributed by atoms with Crippen molar-refractivity contribution in [3.05, 3.63) is 53.6 Å². The first-order valence-electron chi connectivity index (χ1n) is 9.84. The Morgan fingerprint density at radius 1 is 0.969 bits per heavy atom. The molecule has 2 rings (SSSR count). The standard InChI is InChI=1S/C22H28N2O7S/c1-15-5-7-16(8-6-15)18(14-22(26)31-4)24-21(25)11-12-23-32(27,28)17-9-10-19(29-2)20(13-17)30-3/h5-10,13,18,23H,11-12,14H2,1-4H3,(H,24,25). The lowest BCUT2D eigenvalue weighted by Gasteiger charge is -2.18. The monoisotopic (exact) mass is 464 g/mol. The van der Waals surface area contributed by atoms with Crippen molar-refractivity contribution in [1.29, 1.82) is 0 Å². The second-order valence-electron chi connectivity index (χ2n) is 6.98. The zero-order chi connectivity index (χ0) is 23.7. The first kappa shape index (κ1) is 25.2. The van der Waals surface area contributed by atoms with Crippen LogP contribution in [0.15, 0.2) is 47.4 Å². The van der Waals surface area contributed by atoms with Crippen molar-refractivity contribution in [2.45, 2.75) is 30.7 Å². The van der Waals surface area contributed by atoms with Crippen molar-refractivity contribution in [2.75, 3.05) is 27.9 Å². The number of carbonyl (C=O) groups excluding carboxylic acids is 2. The summed E-state index contributed by atoms with van der Waals surface area (Å²) in [5.74, 6) is -0.199. The van der Waals surface area contributed by atoms with Crippen LogP contribution in [0.4, 0.5) is 0 Å². The maximum absolute atomic E-state index is 12.5. The van der Waals surface area contributed by atoms with Gasteiger partial charge in [0.15, 0.2) is 11.5 Å². The molecule has 2 N–H and O–H groups in total. The van der Waals surface area contributed by atoms with Gasteiger partial charge in [-0.15, -0.1) is 0 Å². The highest BCUT2D eigenvalue weighted by Gasteiger charge is 2.20. The number of aryl methyl sites for hydroxylation is 1. The number of benzene rings is 2. The van der Waals surface area contributed by atoms with Gasteiger partial charge in [-0.2, -0.15) is 0 Å². The predicted molar refractivity (Wildman–Crippen MR) is 118 cm³/mol. The molecule has 10 heteroatoms. The Bertz CT molecular complexity index is 1040. The molecule has 0 aliphatic heterocycles. The molecule has 0 radical (unpaired) electrons. The minimum Gasteiger partial charge on any atom is -0.493 e. The van der Waals surface area contributed by atoms with Gasteiger partial charge in [-0.05, 0) is 24.6 Å². The highest BCUT2D eigenvalue weighted by molar-refractivity contribution is 7.89. The summed E-state index contributed by atoms with van der Waals surface area (Å²) in [6.07, 6.45) is -0.154. The first-order valence-corrected chi connectivity index (χ1v) is 11.3. The quantitative estimate of drug-likeness (QED) is 0.489. The number of amides is 1. The number of sulfonamides is 1. The second-order valence-corrected chi connectivity index (χ2v) is 8.74. The summed E-state index contributed by atoms with van der Waals surface area (Å²) < 4.78 is 42.4. The number of nitrogens with one attached hydrogen (secondary N) is 2. The fourth-order valence-corrected chi connectivity index (χ4v) is 3.98. The fraction of sp³-hybridized carbons (Fsp3) is 0.364. The van der Waals surface area contributed by atoms with Crippen LogP contribution in [-0.4, -0.2) is 48.2 Å². The van der Waals surface area contributed by atoms with E-state index in [1.165, 1.54) is 39.5 Å². The lowest BCUT2D eigenvalue weighted by molar-refractivity contribution is -0.141. The average Bonchev–Trinajstić information content (AvgIpc) is 2.78. The molecule has 0 bridgehead atoms. The van der Waals surface area contributed by atoms with Gasteiger partial charge in [0.2, 0.25) is 15.9 Å². The number of ether oxygens (including phenoxy) is 3. The van der Waals surface area contributed by atoms with Crippen molar-refractivity contribution in [2.24, 2.45) is 0 Å². The zero-order valence-corrected chi connectivity index (χ0v) is 19.3. The molecule has 1 amide bonds. The molecular formula is C22H28N2O7S. The van der Waals surface area contributed by atoms with Crippen LogP contribution in [0.2, 0.25) is 0 Å². The molecule has 0 spiro atoms. The topological polar surface area (TPSA) is 120 Å². The number of carbonyl (C=O) groups is 2. The first-order chi connectivity index (χ1) is 15.2. The summed E-state index contributed by atoms with van der Waals surface area (Å²) in [4.78, 5) is 24.2. The highest BCUT2D eigenvalue weighted by atomic mass is 32.2. The molecule has 174 valence electrons. The third-order valence-corrected chi connectivity index (χ3v) is 6.18. The predicted octanol–water partition coefficient (Wildman–Crippen LogP) is 2.10. The third-order valence-electron chi connectivity index (χ3n) is 4.72. The van der Waals surface area contributed by atoms with Crippen LogP contribution in [0.3, 0.4) is 0 Å². The molecule has 0 aromatic heterocycles. The largest absolute Gasteiger partial charge is 0.493 e. The van der Waals surface area contributed by atoms with Crippen molar-refractivity contribution in [3.8, 4) is 11.5 Å². The number of hydrogen-bond donors (Lipinski definition) is 2. The SMILES string of the molecule is COC(=O)CC(NC(=O)CCNS(=O)(=O)c1ccc(OC)c(OC)c1)c1ccc(C)cc1. The molecule has 9 nitrogen and oxygen atoms in total. The van der Waals surface area contributed by atoms with Gasteiger partial charge in [-0.1, -0.05) is 29.8 Å². The van der Waals surface area contributed by atoms with E-state index in [2.05, 4.69) is 10.0 Å². The van der Waals surface area contributed by atoms with Gasteiger partial charge in [0.1, 0.15) is 0 Å². The van der Waals surface area contributed by atoms with Gasteiger partial charge >= 0.3 is 5.97 Å². The Hall–Kier alpha value is -3.11. The zero-order valence-electron chi connectivity index (χ0n) is 18.5. The molecule has 0 heterocycles. The van der Waals surface area contributed by atoms with Gasteiger partial charge in [0.05, 0.1) is 38.7 Å². The highest BCUT2D eigenvalue weighted by Crippen LogP contribution is 2.29. The summed E-state index contributed by atoms with van der Waals surface area (Å²) in [6, 6.07) is 11.0. The van der Waals surface area contributed by atoms with Crippen LogP contribution in [0.25, 0.3) is 0 Å². The summed E-state index contributed by atoms with van der Waals surface area (Å²) in [5.41, 5.74) is 1.79. The fourth-order valence-electron chi connectivity index (χ4n) is 2.93. The minimum absolute atomic E-state index is 0.0150. The molecule has 1 atom stereocenters. The normalized spacial score (nSPS) is 12.0. The van der Waals surface area contributed by atoms with E-state index in [-0.39, 0.29) is 30.0 Å². The number of rotatable bonds is 11. The van der Waals surface area contributed by atoms with Gasteiger partial charge in [0, 0.05) is 19.0 Å². The molecular weight excluding hydrogens is 436 g/mol. The average molecular weight is 465 g/mol. The van der Waals surface area contributed by atoms with E-state index in [1.807, 2.05) is 31.2 Å². The van der Waals surface area contributed by atoms with E-state index in [4.69, 9.17) is 14.2 Å². The number of esters is 1. The summed E-state index contributed by atoms with van der Waals surface area (Å²) in [7, 11) is 0.274. The van der Waals surface area contributed by atoms with Crippen LogP contribution >= 0.6 is 0 Å². The van der Waals surface area contributed by atoms with E-state index >= 15 is 0 Å². The van der Waals surface area contributed by atoms with Crippen LogP contribution in [0, 0.1) is 6.92 Å². The van der Waals surface area contributed by atoms with Crippen LogP contribution in [0.5, 0.6) is 11.5 Å². The number of hydrogen-bond acceptors (Lipinski definition) is 7. The smallest absolute Gasteiger partial charge is 0.307 e. The Kier molecular flexibility index (Phi) is 9.03. The van der Waals surface area contributed by atoms with E-state index in [0.29, 0.717) is 5.75 Å². The van der Waals surface area contributed by atoms with Crippen molar-refractivity contribution in [3.63, 3.8) is 0 Å².